The van der Waals surface area contributed by atoms with Crippen LogP contribution in [0.25, 0.3) is 11.1 Å². The number of hydrogen-bond donors (Lipinski definition) is 1. The van der Waals surface area contributed by atoms with E-state index in [1.807, 2.05) is 18.2 Å². The molecule has 96 valence electrons. The Labute approximate surface area is 107 Å². The highest BCUT2D eigenvalue weighted by Crippen LogP contribution is 2.33. The van der Waals surface area contributed by atoms with Gasteiger partial charge in [-0.2, -0.15) is 4.98 Å². The van der Waals surface area contributed by atoms with E-state index in [2.05, 4.69) is 23.7 Å². The highest BCUT2D eigenvalue weighted by Gasteiger charge is 2.32. The Balaban J connectivity index is 2.03. The van der Waals surface area contributed by atoms with Crippen molar-refractivity contribution in [3.05, 3.63) is 18.2 Å². The average Bonchev–Trinajstić information content (AvgIpc) is 2.91. The first kappa shape index (κ1) is 11.4. The molecule has 0 radical (unpaired) electrons. The largest absolute Gasteiger partial charge is 0.423 e. The zero-order valence-corrected chi connectivity index (χ0v) is 10.9. The number of aromatic nitrogens is 1. The minimum atomic E-state index is 0.500. The molecule has 1 aliphatic rings. The summed E-state index contributed by atoms with van der Waals surface area (Å²) < 4.78 is 5.87. The highest BCUT2D eigenvalue weighted by molar-refractivity contribution is 5.78. The number of benzene rings is 1. The van der Waals surface area contributed by atoms with Crippen LogP contribution in [0.1, 0.15) is 33.1 Å². The van der Waals surface area contributed by atoms with E-state index in [1.165, 1.54) is 12.8 Å². The van der Waals surface area contributed by atoms with Gasteiger partial charge >= 0.3 is 0 Å². The molecule has 1 saturated heterocycles. The van der Waals surface area contributed by atoms with E-state index in [0.29, 0.717) is 17.8 Å². The van der Waals surface area contributed by atoms with Crippen LogP contribution in [0.15, 0.2) is 22.6 Å². The minimum absolute atomic E-state index is 0.500. The molecule has 0 amide bonds. The van der Waals surface area contributed by atoms with Crippen molar-refractivity contribution in [2.45, 2.75) is 45.2 Å². The second-order valence-corrected chi connectivity index (χ2v) is 5.12. The molecule has 0 spiro atoms. The topological polar surface area (TPSA) is 55.3 Å². The van der Waals surface area contributed by atoms with Crippen LogP contribution >= 0.6 is 0 Å². The van der Waals surface area contributed by atoms with Gasteiger partial charge in [-0.1, -0.05) is 6.92 Å². The Morgan fingerprint density at radius 1 is 1.44 bits per heavy atom. The Morgan fingerprint density at radius 2 is 2.28 bits per heavy atom. The molecule has 3 rings (SSSR count). The summed E-state index contributed by atoms with van der Waals surface area (Å²) in [5, 5.41) is 0. The van der Waals surface area contributed by atoms with E-state index in [1.54, 1.807) is 0 Å². The molecule has 4 nitrogen and oxygen atoms in total. The monoisotopic (exact) mass is 245 g/mol. The van der Waals surface area contributed by atoms with Crippen LogP contribution in [-0.2, 0) is 0 Å². The standard InChI is InChI=1S/C14H19N3O/c1-3-11-6-4-9(2)17(11)14-16-12-7-5-10(15)8-13(12)18-14/h5,7-9,11H,3-4,6,15H2,1-2H3. The molecule has 2 unspecified atom stereocenters. The van der Waals surface area contributed by atoms with Crippen LogP contribution in [0, 0.1) is 0 Å². The van der Waals surface area contributed by atoms with Crippen LogP contribution in [-0.4, -0.2) is 17.1 Å². The number of nitrogens with zero attached hydrogens (tertiary/aromatic N) is 2. The third-order valence-electron chi connectivity index (χ3n) is 3.88. The van der Waals surface area contributed by atoms with Crippen LogP contribution in [0.5, 0.6) is 0 Å². The first-order valence-corrected chi connectivity index (χ1v) is 6.63. The number of hydrogen-bond acceptors (Lipinski definition) is 4. The smallest absolute Gasteiger partial charge is 0.298 e. The fraction of sp³-hybridized carbons (Fsp3) is 0.500. The van der Waals surface area contributed by atoms with E-state index in [0.717, 1.165) is 23.5 Å². The summed E-state index contributed by atoms with van der Waals surface area (Å²) in [4.78, 5) is 6.90. The molecular weight excluding hydrogens is 226 g/mol. The van der Waals surface area contributed by atoms with Gasteiger partial charge in [-0.15, -0.1) is 0 Å². The van der Waals surface area contributed by atoms with E-state index in [9.17, 15) is 0 Å². The van der Waals surface area contributed by atoms with Gasteiger partial charge in [0.15, 0.2) is 5.58 Å². The van der Waals surface area contributed by atoms with Gasteiger partial charge in [0.1, 0.15) is 5.52 Å². The number of nitrogen functional groups attached to an aromatic ring is 1. The molecule has 2 N–H and O–H groups in total. The summed E-state index contributed by atoms with van der Waals surface area (Å²) >= 11 is 0. The van der Waals surface area contributed by atoms with Crippen LogP contribution in [0.3, 0.4) is 0 Å². The first-order chi connectivity index (χ1) is 8.69. The summed E-state index contributed by atoms with van der Waals surface area (Å²) in [6, 6.07) is 7.41. The van der Waals surface area contributed by atoms with Crippen molar-refractivity contribution in [2.24, 2.45) is 0 Å². The Kier molecular flexibility index (Phi) is 2.65. The van der Waals surface area contributed by atoms with Gasteiger partial charge in [0.2, 0.25) is 0 Å². The Morgan fingerprint density at radius 3 is 3.06 bits per heavy atom. The van der Waals surface area contributed by atoms with Gasteiger partial charge in [0.05, 0.1) is 0 Å². The molecule has 18 heavy (non-hydrogen) atoms. The molecule has 1 aromatic carbocycles. The van der Waals surface area contributed by atoms with Crippen LogP contribution in [0.2, 0.25) is 0 Å². The minimum Gasteiger partial charge on any atom is -0.423 e. The maximum Gasteiger partial charge on any atom is 0.298 e. The summed E-state index contributed by atoms with van der Waals surface area (Å²) in [5.74, 6) is 0. The van der Waals surface area contributed by atoms with E-state index < -0.39 is 0 Å². The third-order valence-corrected chi connectivity index (χ3v) is 3.88. The van der Waals surface area contributed by atoms with Crippen LogP contribution < -0.4 is 10.6 Å². The molecule has 1 aliphatic heterocycles. The Bertz CT molecular complexity index is 563. The number of nitrogens with two attached hydrogens (primary N) is 1. The lowest BCUT2D eigenvalue weighted by atomic mass is 10.2. The van der Waals surface area contributed by atoms with Crippen molar-refractivity contribution in [3.63, 3.8) is 0 Å². The average molecular weight is 245 g/mol. The van der Waals surface area contributed by atoms with Crippen molar-refractivity contribution in [3.8, 4) is 0 Å². The molecule has 1 fully saturated rings. The summed E-state index contributed by atoms with van der Waals surface area (Å²) in [5.41, 5.74) is 8.14. The van der Waals surface area contributed by atoms with Crippen molar-refractivity contribution >= 4 is 22.8 Å². The van der Waals surface area contributed by atoms with Crippen LogP contribution in [0.4, 0.5) is 11.7 Å². The van der Waals surface area contributed by atoms with Gasteiger partial charge in [0.25, 0.3) is 6.01 Å². The second kappa shape index (κ2) is 4.19. The predicted molar refractivity (Wildman–Crippen MR) is 73.7 cm³/mol. The fourth-order valence-electron chi connectivity index (χ4n) is 2.86. The van der Waals surface area contributed by atoms with Crippen molar-refractivity contribution < 1.29 is 4.42 Å². The molecule has 2 aromatic rings. The molecule has 1 aromatic heterocycles. The number of fused-ring (bicyclic) bond motifs is 1. The highest BCUT2D eigenvalue weighted by atomic mass is 16.4. The molecule has 2 atom stereocenters. The maximum absolute atomic E-state index is 5.87. The van der Waals surface area contributed by atoms with E-state index >= 15 is 0 Å². The number of oxazole rings is 1. The van der Waals surface area contributed by atoms with Gasteiger partial charge in [-0.3, -0.25) is 0 Å². The molecule has 0 saturated carbocycles. The van der Waals surface area contributed by atoms with Gasteiger partial charge in [-0.05, 0) is 38.3 Å². The lowest BCUT2D eigenvalue weighted by Crippen LogP contribution is -2.34. The lowest BCUT2D eigenvalue weighted by Gasteiger charge is -2.25. The predicted octanol–water partition coefficient (Wildman–Crippen LogP) is 3.18. The van der Waals surface area contributed by atoms with Crippen molar-refractivity contribution in [2.75, 3.05) is 10.6 Å². The van der Waals surface area contributed by atoms with Crippen molar-refractivity contribution in [1.29, 1.82) is 0 Å². The normalized spacial score (nSPS) is 24.0. The quantitative estimate of drug-likeness (QED) is 0.826. The molecule has 2 heterocycles. The fourth-order valence-corrected chi connectivity index (χ4v) is 2.86. The number of rotatable bonds is 2. The second-order valence-electron chi connectivity index (χ2n) is 5.12. The zero-order chi connectivity index (χ0) is 12.7. The van der Waals surface area contributed by atoms with Crippen molar-refractivity contribution in [1.82, 2.24) is 4.98 Å². The zero-order valence-electron chi connectivity index (χ0n) is 10.9. The lowest BCUT2D eigenvalue weighted by molar-refractivity contribution is 0.520. The molecule has 0 bridgehead atoms. The van der Waals surface area contributed by atoms with Gasteiger partial charge in [-0.25, -0.2) is 0 Å². The van der Waals surface area contributed by atoms with Gasteiger partial charge in [0, 0.05) is 23.8 Å². The van der Waals surface area contributed by atoms with Gasteiger partial charge < -0.3 is 15.1 Å². The maximum atomic E-state index is 5.87. The summed E-state index contributed by atoms with van der Waals surface area (Å²) in [6.07, 6.45) is 3.56. The SMILES string of the molecule is CCC1CCC(C)N1c1nc2ccc(N)cc2o1. The molecule has 4 heteroatoms. The van der Waals surface area contributed by atoms with E-state index in [4.69, 9.17) is 10.2 Å². The molecular formula is C14H19N3O. The number of anilines is 2. The van der Waals surface area contributed by atoms with E-state index in [-0.39, 0.29) is 0 Å². The summed E-state index contributed by atoms with van der Waals surface area (Å²) in [6.45, 7) is 4.45. The third kappa shape index (κ3) is 1.72. The molecule has 0 aliphatic carbocycles. The first-order valence-electron chi connectivity index (χ1n) is 6.63. The summed E-state index contributed by atoms with van der Waals surface area (Å²) in [7, 11) is 0. The Hall–Kier alpha value is -1.71.